The van der Waals surface area contributed by atoms with Gasteiger partial charge in [-0.1, -0.05) is 0 Å². The Bertz CT molecular complexity index is 720. The molecule has 1 fully saturated rings. The highest BCUT2D eigenvalue weighted by Crippen LogP contribution is 2.27. The fourth-order valence-electron chi connectivity index (χ4n) is 2.65. The van der Waals surface area contributed by atoms with Crippen LogP contribution in [0.4, 0.5) is 5.69 Å². The fourth-order valence-corrected chi connectivity index (χ4v) is 2.65. The van der Waals surface area contributed by atoms with Crippen molar-refractivity contribution in [3.05, 3.63) is 35.8 Å². The molecule has 128 valence electrons. The van der Waals surface area contributed by atoms with Crippen LogP contribution in [0.2, 0.25) is 0 Å². The highest BCUT2D eigenvalue weighted by Gasteiger charge is 2.22. The minimum Gasteiger partial charge on any atom is -0.471 e. The van der Waals surface area contributed by atoms with Crippen LogP contribution in [0.5, 0.6) is 5.88 Å². The molecule has 7 nitrogen and oxygen atoms in total. The van der Waals surface area contributed by atoms with E-state index >= 15 is 0 Å². The molecule has 3 N–H and O–H groups in total. The van der Waals surface area contributed by atoms with Crippen molar-refractivity contribution in [1.82, 2.24) is 14.8 Å². The lowest BCUT2D eigenvalue weighted by atomic mass is 10.0. The van der Waals surface area contributed by atoms with Crippen LogP contribution in [0, 0.1) is 5.41 Å². The Morgan fingerprint density at radius 2 is 2.33 bits per heavy atom. The Labute approximate surface area is 141 Å². The lowest BCUT2D eigenvalue weighted by molar-refractivity contribution is 0.00545. The van der Waals surface area contributed by atoms with Gasteiger partial charge in [0.2, 0.25) is 5.88 Å². The Hall–Kier alpha value is -2.41. The van der Waals surface area contributed by atoms with Crippen LogP contribution < -0.4 is 10.5 Å². The van der Waals surface area contributed by atoms with Gasteiger partial charge in [-0.2, -0.15) is 5.10 Å². The van der Waals surface area contributed by atoms with Crippen molar-refractivity contribution >= 4 is 11.4 Å². The van der Waals surface area contributed by atoms with Crippen LogP contribution in [0.25, 0.3) is 0 Å². The van der Waals surface area contributed by atoms with Gasteiger partial charge in [-0.3, -0.25) is 10.1 Å². The molecule has 3 heterocycles. The quantitative estimate of drug-likeness (QED) is 0.821. The number of hydrogen-bond donors (Lipinski definition) is 2. The normalized spacial score (nSPS) is 17.9. The monoisotopic (exact) mass is 329 g/mol. The number of nitrogens with two attached hydrogens (primary N) is 1. The van der Waals surface area contributed by atoms with Crippen LogP contribution in [-0.2, 0) is 4.74 Å². The summed E-state index contributed by atoms with van der Waals surface area (Å²) in [4.78, 5) is 4.30. The lowest BCUT2D eigenvalue weighted by Crippen LogP contribution is -2.29. The average Bonchev–Trinajstić information content (AvgIpc) is 3.06. The molecule has 0 saturated carbocycles. The molecular weight excluding hydrogens is 306 g/mol. The topological polar surface area (TPSA) is 99.0 Å². The van der Waals surface area contributed by atoms with Gasteiger partial charge < -0.3 is 15.2 Å². The maximum absolute atomic E-state index is 8.54. The van der Waals surface area contributed by atoms with Gasteiger partial charge in [-0.25, -0.2) is 4.98 Å². The molecule has 0 bridgehead atoms. The van der Waals surface area contributed by atoms with Gasteiger partial charge in [-0.05, 0) is 32.8 Å². The van der Waals surface area contributed by atoms with Crippen molar-refractivity contribution in [2.45, 2.75) is 38.8 Å². The maximum atomic E-state index is 8.54. The Balaban J connectivity index is 1.89. The molecule has 0 amide bonds. The van der Waals surface area contributed by atoms with Crippen molar-refractivity contribution in [3.63, 3.8) is 0 Å². The molecule has 1 aliphatic heterocycles. The number of pyridine rings is 1. The smallest absolute Gasteiger partial charge is 0.225 e. The van der Waals surface area contributed by atoms with Gasteiger partial charge in [0.1, 0.15) is 6.10 Å². The van der Waals surface area contributed by atoms with Crippen LogP contribution >= 0.6 is 0 Å². The van der Waals surface area contributed by atoms with Crippen molar-refractivity contribution in [2.75, 3.05) is 18.9 Å². The third-order valence-electron chi connectivity index (χ3n) is 4.01. The van der Waals surface area contributed by atoms with E-state index in [-0.39, 0.29) is 17.9 Å². The molecule has 1 aliphatic rings. The number of aromatic nitrogens is 3. The second-order valence-electron chi connectivity index (χ2n) is 6.22. The number of hydrogen-bond acceptors (Lipinski definition) is 6. The van der Waals surface area contributed by atoms with E-state index in [1.54, 1.807) is 18.5 Å². The van der Waals surface area contributed by atoms with E-state index in [9.17, 15) is 0 Å². The summed E-state index contributed by atoms with van der Waals surface area (Å²) in [6.45, 7) is 5.38. The van der Waals surface area contributed by atoms with Crippen LogP contribution in [-0.4, -0.2) is 39.8 Å². The summed E-state index contributed by atoms with van der Waals surface area (Å²) in [6.07, 6.45) is 6.92. The molecule has 0 aliphatic carbocycles. The zero-order chi connectivity index (χ0) is 17.1. The predicted molar refractivity (Wildman–Crippen MR) is 91.7 cm³/mol. The molecule has 0 radical (unpaired) electrons. The molecule has 3 rings (SSSR count). The van der Waals surface area contributed by atoms with E-state index < -0.39 is 0 Å². The molecular formula is C17H23N5O2. The Morgan fingerprint density at radius 1 is 1.50 bits per heavy atom. The van der Waals surface area contributed by atoms with E-state index in [0.717, 1.165) is 19.4 Å². The van der Waals surface area contributed by atoms with Gasteiger partial charge in [0, 0.05) is 36.3 Å². The van der Waals surface area contributed by atoms with Crippen LogP contribution in [0.3, 0.4) is 0 Å². The molecule has 24 heavy (non-hydrogen) atoms. The summed E-state index contributed by atoms with van der Waals surface area (Å²) in [5, 5.41) is 12.8. The number of rotatable bonds is 5. The highest BCUT2D eigenvalue weighted by molar-refractivity contribution is 6.15. The zero-order valence-corrected chi connectivity index (χ0v) is 14.0. The zero-order valence-electron chi connectivity index (χ0n) is 14.0. The van der Waals surface area contributed by atoms with Crippen molar-refractivity contribution in [3.8, 4) is 5.88 Å². The summed E-state index contributed by atoms with van der Waals surface area (Å²) in [5.74, 6) is 0.382. The third-order valence-corrected chi connectivity index (χ3v) is 4.01. The second-order valence-corrected chi connectivity index (χ2v) is 6.22. The van der Waals surface area contributed by atoms with E-state index in [1.807, 2.05) is 24.7 Å². The molecule has 0 spiro atoms. The first-order valence-electron chi connectivity index (χ1n) is 8.18. The highest BCUT2D eigenvalue weighted by atomic mass is 16.5. The average molecular weight is 329 g/mol. The summed E-state index contributed by atoms with van der Waals surface area (Å²) in [7, 11) is 0. The molecule has 1 atom stereocenters. The summed E-state index contributed by atoms with van der Waals surface area (Å²) in [5.41, 5.74) is 8.04. The largest absolute Gasteiger partial charge is 0.471 e. The van der Waals surface area contributed by atoms with E-state index in [0.29, 0.717) is 29.3 Å². The first kappa shape index (κ1) is 16.4. The summed E-state index contributed by atoms with van der Waals surface area (Å²) in [6, 6.07) is 1.91. The second kappa shape index (κ2) is 7.00. The number of nitrogens with one attached hydrogen (secondary N) is 1. The van der Waals surface area contributed by atoms with Crippen molar-refractivity contribution < 1.29 is 9.47 Å². The molecule has 0 aromatic carbocycles. The van der Waals surface area contributed by atoms with E-state index in [4.69, 9.17) is 20.6 Å². The molecule has 7 heteroatoms. The van der Waals surface area contributed by atoms with Gasteiger partial charge in [0.25, 0.3) is 0 Å². The summed E-state index contributed by atoms with van der Waals surface area (Å²) < 4.78 is 13.2. The first-order chi connectivity index (χ1) is 11.6. The number of nitrogen functional groups attached to an aromatic ring is 1. The number of anilines is 1. The van der Waals surface area contributed by atoms with Gasteiger partial charge >= 0.3 is 0 Å². The molecule has 1 saturated heterocycles. The third kappa shape index (κ3) is 3.41. The van der Waals surface area contributed by atoms with Gasteiger partial charge in [0.05, 0.1) is 24.1 Å². The van der Waals surface area contributed by atoms with E-state index in [1.165, 1.54) is 0 Å². The van der Waals surface area contributed by atoms with Gasteiger partial charge in [-0.15, -0.1) is 0 Å². The number of nitrogens with zero attached hydrogens (tertiary/aromatic N) is 3. The molecule has 2 aromatic heterocycles. The Morgan fingerprint density at radius 3 is 3.00 bits per heavy atom. The number of ether oxygens (including phenoxy) is 2. The Kier molecular flexibility index (Phi) is 4.80. The van der Waals surface area contributed by atoms with E-state index in [2.05, 4.69) is 10.1 Å². The predicted octanol–water partition coefficient (Wildman–Crippen LogP) is 2.42. The van der Waals surface area contributed by atoms with Crippen LogP contribution in [0.1, 0.15) is 43.9 Å². The fraction of sp³-hybridized carbons (Fsp3) is 0.471. The lowest BCUT2D eigenvalue weighted by Gasteiger charge is -2.24. The van der Waals surface area contributed by atoms with Crippen molar-refractivity contribution in [1.29, 1.82) is 5.41 Å². The molecule has 1 unspecified atom stereocenters. The summed E-state index contributed by atoms with van der Waals surface area (Å²) >= 11 is 0. The SMILES string of the molecule is CC(C)n1cc(C(=N)c2c(N)ccnc2OC2CCCOC2)cn1. The minimum atomic E-state index is -0.0574. The minimum absolute atomic E-state index is 0.0574. The standard InChI is InChI=1S/C17H23N5O2/c1-11(2)22-9-12(8-21-22)16(19)15-14(18)5-6-20-17(15)24-13-4-3-7-23-10-13/h5-6,8-9,11,13,19H,3-4,7,10H2,1-2H3,(H2,18,20). The van der Waals surface area contributed by atoms with Crippen LogP contribution in [0.15, 0.2) is 24.7 Å². The molecule has 2 aromatic rings. The van der Waals surface area contributed by atoms with Crippen molar-refractivity contribution in [2.24, 2.45) is 0 Å². The maximum Gasteiger partial charge on any atom is 0.225 e. The first-order valence-corrected chi connectivity index (χ1v) is 8.18. The van der Waals surface area contributed by atoms with Gasteiger partial charge in [0.15, 0.2) is 0 Å².